The van der Waals surface area contributed by atoms with E-state index in [0.717, 1.165) is 10.0 Å². The average molecular weight is 234 g/mol. The van der Waals surface area contributed by atoms with Crippen LogP contribution < -0.4 is 0 Å². The quantitative estimate of drug-likeness (QED) is 0.440. The SMILES string of the molecule is CN(CC1(CN(C)[N+](=O)[O-])COC1)[N+](=O)[O-]. The minimum atomic E-state index is -0.535. The molecule has 1 heterocycles. The molecule has 1 aliphatic heterocycles. The van der Waals surface area contributed by atoms with Crippen LogP contribution in [0.2, 0.25) is 0 Å². The first-order chi connectivity index (χ1) is 7.36. The van der Waals surface area contributed by atoms with Crippen LogP contribution in [-0.4, -0.2) is 60.5 Å². The number of nitro groups is 2. The van der Waals surface area contributed by atoms with Gasteiger partial charge in [0.2, 0.25) is 0 Å². The maximum atomic E-state index is 10.5. The third-order valence-electron chi connectivity index (χ3n) is 2.50. The Bertz CT molecular complexity index is 269. The van der Waals surface area contributed by atoms with Gasteiger partial charge in [-0.3, -0.25) is 0 Å². The van der Waals surface area contributed by atoms with Gasteiger partial charge in [0.25, 0.3) is 0 Å². The van der Waals surface area contributed by atoms with E-state index < -0.39 is 15.5 Å². The molecule has 0 radical (unpaired) electrons. The minimum Gasteiger partial charge on any atom is -0.380 e. The number of ether oxygens (including phenoxy) is 1. The second-order valence-corrected chi connectivity index (χ2v) is 4.10. The highest BCUT2D eigenvalue weighted by atomic mass is 16.7. The summed E-state index contributed by atoms with van der Waals surface area (Å²) in [6, 6.07) is 0. The van der Waals surface area contributed by atoms with Gasteiger partial charge in [0.1, 0.15) is 0 Å². The molecule has 1 aliphatic rings. The van der Waals surface area contributed by atoms with Crippen molar-refractivity contribution in [2.24, 2.45) is 5.41 Å². The van der Waals surface area contributed by atoms with Crippen LogP contribution in [0.5, 0.6) is 0 Å². The van der Waals surface area contributed by atoms with E-state index in [0.29, 0.717) is 13.2 Å². The Morgan fingerprint density at radius 3 is 1.69 bits per heavy atom. The van der Waals surface area contributed by atoms with Crippen molar-refractivity contribution in [2.75, 3.05) is 40.4 Å². The molecule has 0 saturated carbocycles. The van der Waals surface area contributed by atoms with Crippen LogP contribution in [0.1, 0.15) is 0 Å². The molecule has 0 aromatic rings. The summed E-state index contributed by atoms with van der Waals surface area (Å²) in [5, 5.41) is 21.7. The summed E-state index contributed by atoms with van der Waals surface area (Å²) in [5.41, 5.74) is -0.524. The standard InChI is InChI=1S/C7H14N4O5/c1-8(10(12)13)3-7(5-16-6-7)4-9(2)11(14)15/h3-6H2,1-2H3. The Hall–Kier alpha value is -1.64. The Kier molecular flexibility index (Phi) is 3.48. The Morgan fingerprint density at radius 1 is 1.12 bits per heavy atom. The van der Waals surface area contributed by atoms with E-state index in [2.05, 4.69) is 0 Å². The molecule has 1 rings (SSSR count). The van der Waals surface area contributed by atoms with Gasteiger partial charge < -0.3 is 4.74 Å². The molecule has 0 spiro atoms. The van der Waals surface area contributed by atoms with Gasteiger partial charge >= 0.3 is 0 Å². The Balaban J connectivity index is 2.57. The van der Waals surface area contributed by atoms with Gasteiger partial charge in [0, 0.05) is 0 Å². The lowest BCUT2D eigenvalue weighted by atomic mass is 9.85. The molecular formula is C7H14N4O5. The molecular weight excluding hydrogens is 220 g/mol. The number of nitrogens with zero attached hydrogens (tertiary/aromatic N) is 4. The van der Waals surface area contributed by atoms with Crippen LogP contribution in [0.4, 0.5) is 0 Å². The zero-order valence-corrected chi connectivity index (χ0v) is 9.16. The smallest absolute Gasteiger partial charge is 0.159 e. The first-order valence-electron chi connectivity index (χ1n) is 4.65. The van der Waals surface area contributed by atoms with Gasteiger partial charge in [-0.05, 0) is 0 Å². The van der Waals surface area contributed by atoms with Crippen molar-refractivity contribution in [1.82, 2.24) is 10.0 Å². The molecule has 0 unspecified atom stereocenters. The lowest BCUT2D eigenvalue weighted by Gasteiger charge is -2.41. The molecule has 9 heteroatoms. The second-order valence-electron chi connectivity index (χ2n) is 4.10. The molecule has 0 aromatic heterocycles. The second kappa shape index (κ2) is 4.47. The maximum Gasteiger partial charge on any atom is 0.159 e. The number of rotatable bonds is 6. The highest BCUT2D eigenvalue weighted by molar-refractivity contribution is 4.88. The first kappa shape index (κ1) is 12.4. The molecule has 9 nitrogen and oxygen atoms in total. The van der Waals surface area contributed by atoms with Gasteiger partial charge in [0.05, 0.1) is 45.8 Å². The van der Waals surface area contributed by atoms with Crippen molar-refractivity contribution in [2.45, 2.75) is 0 Å². The summed E-state index contributed by atoms with van der Waals surface area (Å²) in [7, 11) is 2.68. The third-order valence-corrected chi connectivity index (χ3v) is 2.50. The van der Waals surface area contributed by atoms with Gasteiger partial charge in [-0.25, -0.2) is 20.2 Å². The largest absolute Gasteiger partial charge is 0.380 e. The van der Waals surface area contributed by atoms with Crippen molar-refractivity contribution in [3.05, 3.63) is 20.2 Å². The summed E-state index contributed by atoms with van der Waals surface area (Å²) < 4.78 is 5.00. The lowest BCUT2D eigenvalue weighted by Crippen LogP contribution is -2.57. The van der Waals surface area contributed by atoms with E-state index in [-0.39, 0.29) is 13.1 Å². The Morgan fingerprint density at radius 2 is 1.50 bits per heavy atom. The van der Waals surface area contributed by atoms with E-state index in [4.69, 9.17) is 4.74 Å². The van der Waals surface area contributed by atoms with Crippen LogP contribution >= 0.6 is 0 Å². The topological polar surface area (TPSA) is 102 Å². The summed E-state index contributed by atoms with van der Waals surface area (Å²) in [6.45, 7) is 0.892. The van der Waals surface area contributed by atoms with Crippen molar-refractivity contribution >= 4 is 0 Å². The molecule has 16 heavy (non-hydrogen) atoms. The van der Waals surface area contributed by atoms with Crippen LogP contribution in [-0.2, 0) is 4.74 Å². The highest BCUT2D eigenvalue weighted by Crippen LogP contribution is 2.29. The summed E-state index contributed by atoms with van der Waals surface area (Å²) in [4.78, 5) is 21.0. The zero-order valence-electron chi connectivity index (χ0n) is 9.16. The molecule has 0 amide bonds. The van der Waals surface area contributed by atoms with Crippen LogP contribution in [0.15, 0.2) is 0 Å². The molecule has 0 aromatic carbocycles. The van der Waals surface area contributed by atoms with Crippen LogP contribution in [0.25, 0.3) is 0 Å². The zero-order chi connectivity index (χ0) is 12.3. The van der Waals surface area contributed by atoms with Gasteiger partial charge in [-0.1, -0.05) is 0 Å². The van der Waals surface area contributed by atoms with Crippen molar-refractivity contribution in [3.8, 4) is 0 Å². The summed E-state index contributed by atoms with van der Waals surface area (Å²) in [5.74, 6) is 0. The molecule has 0 atom stereocenters. The lowest BCUT2D eigenvalue weighted by molar-refractivity contribution is -0.663. The number of hydrazine groups is 2. The molecule has 0 aliphatic carbocycles. The molecule has 0 N–H and O–H groups in total. The Labute approximate surface area is 91.8 Å². The number of hydrogen-bond acceptors (Lipinski definition) is 5. The van der Waals surface area contributed by atoms with E-state index in [9.17, 15) is 20.2 Å². The highest BCUT2D eigenvalue weighted by Gasteiger charge is 2.44. The predicted octanol–water partition coefficient (Wildman–Crippen LogP) is -0.750. The van der Waals surface area contributed by atoms with E-state index in [1.54, 1.807) is 0 Å². The monoisotopic (exact) mass is 234 g/mol. The summed E-state index contributed by atoms with van der Waals surface area (Å²) >= 11 is 0. The van der Waals surface area contributed by atoms with Gasteiger partial charge in [-0.2, -0.15) is 0 Å². The fraction of sp³-hybridized carbons (Fsp3) is 1.00. The van der Waals surface area contributed by atoms with Crippen molar-refractivity contribution in [1.29, 1.82) is 0 Å². The van der Waals surface area contributed by atoms with Crippen LogP contribution in [0.3, 0.4) is 0 Å². The van der Waals surface area contributed by atoms with E-state index in [1.165, 1.54) is 14.1 Å². The molecule has 1 saturated heterocycles. The maximum absolute atomic E-state index is 10.5. The first-order valence-corrected chi connectivity index (χ1v) is 4.65. The predicted molar refractivity (Wildman–Crippen MR) is 52.5 cm³/mol. The fourth-order valence-corrected chi connectivity index (χ4v) is 1.71. The average Bonchev–Trinajstić information content (AvgIpc) is 2.13. The van der Waals surface area contributed by atoms with E-state index in [1.807, 2.05) is 0 Å². The van der Waals surface area contributed by atoms with E-state index >= 15 is 0 Å². The van der Waals surface area contributed by atoms with Crippen LogP contribution in [0, 0.1) is 25.6 Å². The molecule has 1 fully saturated rings. The number of hydrogen-bond donors (Lipinski definition) is 0. The van der Waals surface area contributed by atoms with Crippen molar-refractivity contribution < 1.29 is 14.8 Å². The van der Waals surface area contributed by atoms with Crippen molar-refractivity contribution in [3.63, 3.8) is 0 Å². The van der Waals surface area contributed by atoms with Gasteiger partial charge in [0.15, 0.2) is 10.1 Å². The molecule has 0 bridgehead atoms. The third kappa shape index (κ3) is 2.69. The van der Waals surface area contributed by atoms with Gasteiger partial charge in [-0.15, -0.1) is 10.0 Å². The molecule has 92 valence electrons. The summed E-state index contributed by atoms with van der Waals surface area (Å²) in [6.07, 6.45) is 0. The normalized spacial score (nSPS) is 17.4. The minimum absolute atomic E-state index is 0.137. The fourth-order valence-electron chi connectivity index (χ4n) is 1.71.